The lowest BCUT2D eigenvalue weighted by Crippen LogP contribution is -2.43. The predicted molar refractivity (Wildman–Crippen MR) is 76.4 cm³/mol. The standard InChI is InChI=1S/C13H21N3S/c1-15-7-9-16(10-8-15)11-12-3-5-13(6-4-12)14-17-2/h3-6,14H,7-11H2,1-2H3. The van der Waals surface area contributed by atoms with Gasteiger partial charge in [-0.25, -0.2) is 0 Å². The van der Waals surface area contributed by atoms with Crippen molar-refractivity contribution in [2.75, 3.05) is 44.2 Å². The average molecular weight is 251 g/mol. The van der Waals surface area contributed by atoms with Crippen LogP contribution in [0.15, 0.2) is 24.3 Å². The molecular weight excluding hydrogens is 230 g/mol. The van der Waals surface area contributed by atoms with Crippen molar-refractivity contribution in [2.45, 2.75) is 6.54 Å². The van der Waals surface area contributed by atoms with Crippen LogP contribution in [0.4, 0.5) is 5.69 Å². The lowest BCUT2D eigenvalue weighted by molar-refractivity contribution is 0.148. The first-order chi connectivity index (χ1) is 8.28. The van der Waals surface area contributed by atoms with Crippen LogP contribution in [0, 0.1) is 0 Å². The van der Waals surface area contributed by atoms with Crippen molar-refractivity contribution in [3.63, 3.8) is 0 Å². The van der Waals surface area contributed by atoms with Gasteiger partial charge in [0.2, 0.25) is 0 Å². The Morgan fingerprint density at radius 3 is 2.35 bits per heavy atom. The molecular formula is C13H21N3S. The average Bonchev–Trinajstić information content (AvgIpc) is 2.35. The normalized spacial score (nSPS) is 18.2. The Balaban J connectivity index is 1.86. The number of rotatable bonds is 4. The molecule has 0 amide bonds. The van der Waals surface area contributed by atoms with Crippen LogP contribution in [-0.2, 0) is 6.54 Å². The van der Waals surface area contributed by atoms with E-state index in [0.29, 0.717) is 0 Å². The largest absolute Gasteiger partial charge is 0.330 e. The Morgan fingerprint density at radius 2 is 1.76 bits per heavy atom. The Labute approximate surface area is 108 Å². The van der Waals surface area contributed by atoms with Crippen molar-refractivity contribution in [1.29, 1.82) is 0 Å². The lowest BCUT2D eigenvalue weighted by Gasteiger charge is -2.32. The van der Waals surface area contributed by atoms with Gasteiger partial charge in [0.25, 0.3) is 0 Å². The van der Waals surface area contributed by atoms with Gasteiger partial charge in [0, 0.05) is 44.7 Å². The molecule has 0 radical (unpaired) electrons. The van der Waals surface area contributed by atoms with E-state index in [0.717, 1.165) is 6.54 Å². The molecule has 1 aliphatic heterocycles. The van der Waals surface area contributed by atoms with Crippen molar-refractivity contribution >= 4 is 17.6 Å². The van der Waals surface area contributed by atoms with Crippen molar-refractivity contribution < 1.29 is 0 Å². The highest BCUT2D eigenvalue weighted by Gasteiger charge is 2.13. The molecule has 1 aromatic carbocycles. The van der Waals surface area contributed by atoms with E-state index in [4.69, 9.17) is 0 Å². The van der Waals surface area contributed by atoms with Gasteiger partial charge in [-0.1, -0.05) is 24.1 Å². The van der Waals surface area contributed by atoms with Gasteiger partial charge in [0.05, 0.1) is 0 Å². The number of hydrogen-bond donors (Lipinski definition) is 1. The highest BCUT2D eigenvalue weighted by atomic mass is 32.2. The number of nitrogens with zero attached hydrogens (tertiary/aromatic N) is 2. The fraction of sp³-hybridized carbons (Fsp3) is 0.538. The van der Waals surface area contributed by atoms with E-state index in [1.165, 1.54) is 37.4 Å². The summed E-state index contributed by atoms with van der Waals surface area (Å²) < 4.78 is 3.24. The zero-order chi connectivity index (χ0) is 12.1. The Kier molecular flexibility index (Phi) is 4.71. The van der Waals surface area contributed by atoms with Crippen molar-refractivity contribution in [2.24, 2.45) is 0 Å². The van der Waals surface area contributed by atoms with Gasteiger partial charge >= 0.3 is 0 Å². The third-order valence-corrected chi connectivity index (χ3v) is 3.62. The summed E-state index contributed by atoms with van der Waals surface area (Å²) in [4.78, 5) is 4.92. The minimum Gasteiger partial charge on any atom is -0.330 e. The summed E-state index contributed by atoms with van der Waals surface area (Å²) in [6.45, 7) is 5.81. The zero-order valence-electron chi connectivity index (χ0n) is 10.6. The number of nitrogens with one attached hydrogen (secondary N) is 1. The molecule has 0 atom stereocenters. The monoisotopic (exact) mass is 251 g/mol. The molecule has 1 heterocycles. The smallest absolute Gasteiger partial charge is 0.0440 e. The first-order valence-corrected chi connectivity index (χ1v) is 7.29. The molecule has 4 heteroatoms. The molecule has 0 spiro atoms. The van der Waals surface area contributed by atoms with Crippen LogP contribution in [0.3, 0.4) is 0 Å². The second kappa shape index (κ2) is 6.28. The second-order valence-corrected chi connectivity index (χ2v) is 5.19. The molecule has 1 aliphatic rings. The third kappa shape index (κ3) is 3.91. The van der Waals surface area contributed by atoms with Gasteiger partial charge in [-0.15, -0.1) is 0 Å². The fourth-order valence-electron chi connectivity index (χ4n) is 2.06. The molecule has 0 saturated carbocycles. The molecule has 0 bridgehead atoms. The molecule has 1 N–H and O–H groups in total. The SMILES string of the molecule is CSNc1ccc(CN2CCN(C)CC2)cc1. The topological polar surface area (TPSA) is 18.5 Å². The molecule has 94 valence electrons. The van der Waals surface area contributed by atoms with E-state index >= 15 is 0 Å². The summed E-state index contributed by atoms with van der Waals surface area (Å²) in [6, 6.07) is 8.75. The molecule has 1 fully saturated rings. The summed E-state index contributed by atoms with van der Waals surface area (Å²) in [5.74, 6) is 0. The van der Waals surface area contributed by atoms with Crippen LogP contribution in [0.5, 0.6) is 0 Å². The van der Waals surface area contributed by atoms with Gasteiger partial charge in [-0.3, -0.25) is 4.90 Å². The van der Waals surface area contributed by atoms with Crippen LogP contribution in [0.2, 0.25) is 0 Å². The second-order valence-electron chi connectivity index (χ2n) is 4.58. The van der Waals surface area contributed by atoms with Crippen molar-refractivity contribution in [3.05, 3.63) is 29.8 Å². The molecule has 0 aromatic heterocycles. The predicted octanol–water partition coefficient (Wildman–Crippen LogP) is 2.12. The van der Waals surface area contributed by atoms with E-state index in [1.54, 1.807) is 11.9 Å². The summed E-state index contributed by atoms with van der Waals surface area (Å²) >= 11 is 1.63. The minimum atomic E-state index is 1.08. The van der Waals surface area contributed by atoms with E-state index in [9.17, 15) is 0 Å². The van der Waals surface area contributed by atoms with E-state index in [2.05, 4.69) is 45.8 Å². The van der Waals surface area contributed by atoms with Crippen LogP contribution in [-0.4, -0.2) is 49.3 Å². The van der Waals surface area contributed by atoms with E-state index in [-0.39, 0.29) is 0 Å². The molecule has 0 unspecified atom stereocenters. The molecule has 1 saturated heterocycles. The van der Waals surface area contributed by atoms with Gasteiger partial charge in [0.15, 0.2) is 0 Å². The van der Waals surface area contributed by atoms with Crippen molar-refractivity contribution in [1.82, 2.24) is 9.80 Å². The lowest BCUT2D eigenvalue weighted by atomic mass is 10.2. The fourth-order valence-corrected chi connectivity index (χ4v) is 2.43. The molecule has 1 aromatic rings. The number of anilines is 1. The van der Waals surface area contributed by atoms with E-state index < -0.39 is 0 Å². The summed E-state index contributed by atoms with van der Waals surface area (Å²) in [5.41, 5.74) is 2.58. The maximum absolute atomic E-state index is 3.24. The van der Waals surface area contributed by atoms with Gasteiger partial charge in [-0.05, 0) is 24.7 Å². The number of piperazine rings is 1. The van der Waals surface area contributed by atoms with Crippen LogP contribution >= 0.6 is 11.9 Å². The Hall–Kier alpha value is -0.710. The maximum atomic E-state index is 3.24. The van der Waals surface area contributed by atoms with Gasteiger partial charge < -0.3 is 9.62 Å². The van der Waals surface area contributed by atoms with Gasteiger partial charge in [-0.2, -0.15) is 0 Å². The highest BCUT2D eigenvalue weighted by molar-refractivity contribution is 7.99. The third-order valence-electron chi connectivity index (χ3n) is 3.18. The quantitative estimate of drug-likeness (QED) is 0.826. The van der Waals surface area contributed by atoms with Crippen LogP contribution in [0.1, 0.15) is 5.56 Å². The van der Waals surface area contributed by atoms with Crippen molar-refractivity contribution in [3.8, 4) is 0 Å². The maximum Gasteiger partial charge on any atom is 0.0440 e. The molecule has 2 rings (SSSR count). The Morgan fingerprint density at radius 1 is 1.12 bits per heavy atom. The summed E-state index contributed by atoms with van der Waals surface area (Å²) in [6.07, 6.45) is 2.04. The first-order valence-electron chi connectivity index (χ1n) is 6.07. The first kappa shape index (κ1) is 12.7. The number of likely N-dealkylation sites (N-methyl/N-ethyl adjacent to an activating group) is 1. The number of benzene rings is 1. The van der Waals surface area contributed by atoms with E-state index in [1.807, 2.05) is 6.26 Å². The zero-order valence-corrected chi connectivity index (χ0v) is 11.5. The molecule has 3 nitrogen and oxygen atoms in total. The highest BCUT2D eigenvalue weighted by Crippen LogP contribution is 2.14. The van der Waals surface area contributed by atoms with Gasteiger partial charge in [0.1, 0.15) is 0 Å². The minimum absolute atomic E-state index is 1.08. The summed E-state index contributed by atoms with van der Waals surface area (Å²) in [7, 11) is 2.19. The van der Waals surface area contributed by atoms with Crippen LogP contribution in [0.25, 0.3) is 0 Å². The summed E-state index contributed by atoms with van der Waals surface area (Å²) in [5, 5.41) is 0. The molecule has 17 heavy (non-hydrogen) atoms. The Bertz CT molecular complexity index is 331. The van der Waals surface area contributed by atoms with Crippen LogP contribution < -0.4 is 4.72 Å². The molecule has 0 aliphatic carbocycles. The number of hydrogen-bond acceptors (Lipinski definition) is 4.